The molecule has 1 amide bonds. The Morgan fingerprint density at radius 2 is 1.61 bits per heavy atom. The maximum absolute atomic E-state index is 12.5. The van der Waals surface area contributed by atoms with E-state index in [2.05, 4.69) is 24.4 Å². The van der Waals surface area contributed by atoms with Crippen LogP contribution in [0.1, 0.15) is 58.1 Å². The van der Waals surface area contributed by atoms with Crippen molar-refractivity contribution in [3.05, 3.63) is 83.6 Å². The minimum Gasteiger partial charge on any atom is -0.454 e. The smallest absolute Gasteiger partial charge is 0.234 e. The molecule has 0 atom stereocenters. The topological polar surface area (TPSA) is 47.6 Å². The molecule has 1 aliphatic heterocycles. The molecule has 0 spiro atoms. The average molecular weight is 422 g/mol. The second kappa shape index (κ2) is 12.0. The van der Waals surface area contributed by atoms with Gasteiger partial charge >= 0.3 is 0 Å². The Morgan fingerprint density at radius 1 is 0.935 bits per heavy atom. The van der Waals surface area contributed by atoms with Gasteiger partial charge in [-0.05, 0) is 43.5 Å². The second-order valence-corrected chi connectivity index (χ2v) is 7.08. The molecule has 2 aromatic carbocycles. The van der Waals surface area contributed by atoms with Gasteiger partial charge in [-0.15, -0.1) is 0 Å². The second-order valence-electron chi connectivity index (χ2n) is 7.08. The zero-order valence-electron chi connectivity index (χ0n) is 19.4. The summed E-state index contributed by atoms with van der Waals surface area (Å²) in [6.07, 6.45) is 8.54. The van der Waals surface area contributed by atoms with Gasteiger partial charge in [0, 0.05) is 12.1 Å². The Labute approximate surface area is 187 Å². The van der Waals surface area contributed by atoms with Crippen LogP contribution in [0, 0.1) is 6.92 Å². The summed E-state index contributed by atoms with van der Waals surface area (Å²) in [6.45, 7) is 10.3. The third kappa shape index (κ3) is 6.24. The number of carbonyl (C=O) groups excluding carboxylic acids is 1. The van der Waals surface area contributed by atoms with Crippen LogP contribution < -0.4 is 14.8 Å². The maximum atomic E-state index is 12.5. The van der Waals surface area contributed by atoms with Crippen LogP contribution in [0.5, 0.6) is 11.5 Å². The Balaban J connectivity index is 0.000000261. The summed E-state index contributed by atoms with van der Waals surface area (Å²) in [6, 6.07) is 16.1. The highest BCUT2D eigenvalue weighted by Gasteiger charge is 2.51. The van der Waals surface area contributed by atoms with Crippen LogP contribution >= 0.6 is 0 Å². The molecular weight excluding hydrogens is 386 g/mol. The lowest BCUT2D eigenvalue weighted by Gasteiger charge is -2.16. The first-order valence-electron chi connectivity index (χ1n) is 11.3. The van der Waals surface area contributed by atoms with Gasteiger partial charge in [-0.25, -0.2) is 0 Å². The number of amides is 1. The van der Waals surface area contributed by atoms with Crippen LogP contribution in [-0.4, -0.2) is 12.7 Å². The van der Waals surface area contributed by atoms with Gasteiger partial charge < -0.3 is 14.8 Å². The number of benzene rings is 2. The fourth-order valence-electron chi connectivity index (χ4n) is 3.31. The fraction of sp³-hybridized carbons (Fsp3) is 0.370. The van der Waals surface area contributed by atoms with Gasteiger partial charge in [0.2, 0.25) is 12.7 Å². The van der Waals surface area contributed by atoms with Crippen molar-refractivity contribution in [1.82, 2.24) is 5.32 Å². The maximum Gasteiger partial charge on any atom is 0.234 e. The van der Waals surface area contributed by atoms with Gasteiger partial charge in [0.15, 0.2) is 11.5 Å². The van der Waals surface area contributed by atoms with Crippen molar-refractivity contribution >= 4 is 5.91 Å². The van der Waals surface area contributed by atoms with Gasteiger partial charge in [-0.2, -0.15) is 0 Å². The Bertz CT molecular complexity index is 896. The van der Waals surface area contributed by atoms with E-state index >= 15 is 0 Å². The van der Waals surface area contributed by atoms with E-state index in [-0.39, 0.29) is 18.1 Å². The predicted octanol–water partition coefficient (Wildman–Crippen LogP) is 6.45. The highest BCUT2D eigenvalue weighted by Crippen LogP contribution is 2.50. The molecule has 0 saturated heterocycles. The molecule has 0 unspecified atom stereocenters. The van der Waals surface area contributed by atoms with Crippen LogP contribution in [0.4, 0.5) is 0 Å². The quantitative estimate of drug-likeness (QED) is 0.619. The molecule has 5 rings (SSSR count). The van der Waals surface area contributed by atoms with Crippen molar-refractivity contribution in [2.75, 3.05) is 6.79 Å². The standard InChI is InChI=1S/C16H15NO3.C7H8.2C2H6/c18-15(17-12-3-1-2-4-12)16(7-8-16)11-5-6-13-14(9-11)20-10-19-13;1-7-5-3-2-4-6-7;2*1-2/h1-3,5-6,9H,4,7-8,10H2,(H,17,18);2-6H,1H3;2*1-2H3. The third-order valence-electron chi connectivity index (χ3n) is 5.10. The molecule has 2 aromatic rings. The van der Waals surface area contributed by atoms with Crippen molar-refractivity contribution in [2.24, 2.45) is 0 Å². The van der Waals surface area contributed by atoms with Crippen molar-refractivity contribution in [1.29, 1.82) is 0 Å². The lowest BCUT2D eigenvalue weighted by Crippen LogP contribution is -2.33. The molecule has 1 N–H and O–H groups in total. The monoisotopic (exact) mass is 421 g/mol. The van der Waals surface area contributed by atoms with E-state index in [1.54, 1.807) is 0 Å². The molecule has 2 aliphatic carbocycles. The molecular formula is C27H35NO3. The Kier molecular flexibility index (Phi) is 9.39. The number of hydrogen-bond acceptors (Lipinski definition) is 3. The molecule has 166 valence electrons. The van der Waals surface area contributed by atoms with Crippen LogP contribution in [0.2, 0.25) is 0 Å². The fourth-order valence-corrected chi connectivity index (χ4v) is 3.31. The first-order chi connectivity index (χ1) is 15.2. The molecule has 4 heteroatoms. The number of ether oxygens (including phenoxy) is 2. The first kappa shape index (κ1) is 24.3. The summed E-state index contributed by atoms with van der Waals surface area (Å²) < 4.78 is 10.7. The van der Waals surface area contributed by atoms with Crippen LogP contribution in [-0.2, 0) is 10.2 Å². The molecule has 0 aromatic heterocycles. The van der Waals surface area contributed by atoms with E-state index in [0.29, 0.717) is 0 Å². The van der Waals surface area contributed by atoms with E-state index in [1.807, 2.05) is 82.3 Å². The van der Waals surface area contributed by atoms with Crippen LogP contribution in [0.25, 0.3) is 0 Å². The summed E-state index contributed by atoms with van der Waals surface area (Å²) in [5.74, 6) is 1.59. The molecule has 1 heterocycles. The van der Waals surface area contributed by atoms with Gasteiger partial charge in [-0.1, -0.05) is 81.8 Å². The van der Waals surface area contributed by atoms with Gasteiger partial charge in [0.1, 0.15) is 0 Å². The summed E-state index contributed by atoms with van der Waals surface area (Å²) in [4.78, 5) is 12.5. The van der Waals surface area contributed by atoms with E-state index in [1.165, 1.54) is 5.56 Å². The summed E-state index contributed by atoms with van der Waals surface area (Å²) in [5.41, 5.74) is 2.93. The number of hydrogen-bond donors (Lipinski definition) is 1. The average Bonchev–Trinajstić information content (AvgIpc) is 3.23. The summed E-state index contributed by atoms with van der Waals surface area (Å²) in [7, 11) is 0. The lowest BCUT2D eigenvalue weighted by molar-refractivity contribution is -0.122. The zero-order chi connectivity index (χ0) is 22.7. The predicted molar refractivity (Wildman–Crippen MR) is 127 cm³/mol. The minimum absolute atomic E-state index is 0.0892. The molecule has 3 aliphatic rings. The number of fused-ring (bicyclic) bond motifs is 1. The first-order valence-corrected chi connectivity index (χ1v) is 11.3. The van der Waals surface area contributed by atoms with E-state index in [4.69, 9.17) is 9.47 Å². The highest BCUT2D eigenvalue weighted by molar-refractivity contribution is 5.92. The molecule has 4 nitrogen and oxygen atoms in total. The lowest BCUT2D eigenvalue weighted by atomic mass is 9.94. The zero-order valence-corrected chi connectivity index (χ0v) is 19.4. The minimum atomic E-state index is -0.385. The Hall–Kier alpha value is -3.01. The summed E-state index contributed by atoms with van der Waals surface area (Å²) >= 11 is 0. The number of allylic oxidation sites excluding steroid dienone is 3. The largest absolute Gasteiger partial charge is 0.454 e. The highest BCUT2D eigenvalue weighted by atomic mass is 16.7. The van der Waals surface area contributed by atoms with Crippen molar-refractivity contribution in [3.8, 4) is 11.5 Å². The molecule has 0 bridgehead atoms. The van der Waals surface area contributed by atoms with Gasteiger partial charge in [0.05, 0.1) is 5.41 Å². The number of nitrogens with one attached hydrogen (secondary N) is 1. The van der Waals surface area contributed by atoms with Crippen molar-refractivity contribution < 1.29 is 14.3 Å². The summed E-state index contributed by atoms with van der Waals surface area (Å²) in [5, 5.41) is 3.04. The molecule has 0 radical (unpaired) electrons. The number of aryl methyl sites for hydroxylation is 1. The third-order valence-corrected chi connectivity index (χ3v) is 5.10. The van der Waals surface area contributed by atoms with Crippen LogP contribution in [0.15, 0.2) is 72.5 Å². The van der Waals surface area contributed by atoms with Crippen molar-refractivity contribution in [3.63, 3.8) is 0 Å². The number of rotatable bonds is 3. The Morgan fingerprint density at radius 3 is 2.16 bits per heavy atom. The van der Waals surface area contributed by atoms with Crippen LogP contribution in [0.3, 0.4) is 0 Å². The molecule has 1 fully saturated rings. The van der Waals surface area contributed by atoms with Crippen molar-refractivity contribution in [2.45, 2.75) is 59.3 Å². The van der Waals surface area contributed by atoms with E-state index in [9.17, 15) is 4.79 Å². The molecule has 31 heavy (non-hydrogen) atoms. The van der Waals surface area contributed by atoms with E-state index < -0.39 is 0 Å². The van der Waals surface area contributed by atoms with Gasteiger partial charge in [-0.3, -0.25) is 4.79 Å². The SMILES string of the molecule is CC.CC.Cc1ccccc1.O=C(NC1=CC=CC1)C1(c2ccc3c(c2)OCO3)CC1. The molecule has 1 saturated carbocycles. The van der Waals surface area contributed by atoms with E-state index in [0.717, 1.165) is 42.0 Å². The normalized spacial score (nSPS) is 15.7. The number of carbonyl (C=O) groups is 1. The van der Waals surface area contributed by atoms with Gasteiger partial charge in [0.25, 0.3) is 0 Å².